The molecule has 2 aromatic heterocycles. The van der Waals surface area contributed by atoms with Gasteiger partial charge in [-0.15, -0.1) is 0 Å². The third-order valence-corrected chi connectivity index (χ3v) is 5.86. The van der Waals surface area contributed by atoms with Crippen LogP contribution in [0.25, 0.3) is 21.9 Å². The van der Waals surface area contributed by atoms with Crippen LogP contribution in [-0.4, -0.2) is 57.0 Å². The molecule has 1 fully saturated rings. The highest BCUT2D eigenvalue weighted by Gasteiger charge is 2.22. The number of carbonyl (C=O) groups is 1. The van der Waals surface area contributed by atoms with Crippen molar-refractivity contribution in [1.29, 1.82) is 0 Å². The van der Waals surface area contributed by atoms with E-state index >= 15 is 0 Å². The Hall–Kier alpha value is -3.03. The molecule has 0 bridgehead atoms. The predicted molar refractivity (Wildman–Crippen MR) is 118 cm³/mol. The fourth-order valence-electron chi connectivity index (χ4n) is 3.99. The lowest BCUT2D eigenvalue weighted by Crippen LogP contribution is -2.51. The van der Waals surface area contributed by atoms with E-state index in [1.165, 1.54) is 5.56 Å². The SMILES string of the molecule is O=C(NCc1nc2ccccc2[nH]1)N1CCN(Cc2c[nH]c3ccc(Cl)cc23)CC1. The number of hydrogen-bond donors (Lipinski definition) is 3. The van der Waals surface area contributed by atoms with Gasteiger partial charge in [-0.3, -0.25) is 4.90 Å². The molecule has 4 aromatic rings. The van der Waals surface area contributed by atoms with Crippen molar-refractivity contribution in [1.82, 2.24) is 30.1 Å². The Labute approximate surface area is 179 Å². The fourth-order valence-corrected chi connectivity index (χ4v) is 4.16. The standard InChI is InChI=1S/C22H23ClN6O/c23-16-5-6-18-17(11-16)15(12-24-18)14-28-7-9-29(10-8-28)22(30)25-13-21-26-19-3-1-2-4-20(19)27-21/h1-6,11-12,24H,7-10,13-14H2,(H,25,30)(H,26,27). The maximum Gasteiger partial charge on any atom is 0.317 e. The number of amides is 2. The lowest BCUT2D eigenvalue weighted by Gasteiger charge is -2.34. The van der Waals surface area contributed by atoms with Crippen LogP contribution < -0.4 is 5.32 Å². The number of rotatable bonds is 4. The first-order chi connectivity index (χ1) is 14.7. The van der Waals surface area contributed by atoms with E-state index in [1.807, 2.05) is 53.6 Å². The van der Waals surface area contributed by atoms with Gasteiger partial charge < -0.3 is 20.2 Å². The zero-order valence-electron chi connectivity index (χ0n) is 16.5. The third-order valence-electron chi connectivity index (χ3n) is 5.63. The van der Waals surface area contributed by atoms with Crippen LogP contribution in [-0.2, 0) is 13.1 Å². The summed E-state index contributed by atoms with van der Waals surface area (Å²) in [6.07, 6.45) is 2.05. The van der Waals surface area contributed by atoms with Crippen molar-refractivity contribution >= 4 is 39.6 Å². The van der Waals surface area contributed by atoms with Crippen molar-refractivity contribution in [2.45, 2.75) is 13.1 Å². The zero-order valence-corrected chi connectivity index (χ0v) is 17.2. The minimum atomic E-state index is -0.0472. The van der Waals surface area contributed by atoms with Crippen LogP contribution in [0.4, 0.5) is 4.79 Å². The van der Waals surface area contributed by atoms with Crippen LogP contribution in [0.15, 0.2) is 48.7 Å². The van der Waals surface area contributed by atoms with Gasteiger partial charge in [-0.1, -0.05) is 23.7 Å². The number of halogens is 1. The largest absolute Gasteiger partial charge is 0.361 e. The van der Waals surface area contributed by atoms with Crippen molar-refractivity contribution in [3.8, 4) is 0 Å². The highest BCUT2D eigenvalue weighted by molar-refractivity contribution is 6.31. The Morgan fingerprint density at radius 2 is 1.93 bits per heavy atom. The molecule has 8 heteroatoms. The molecule has 0 atom stereocenters. The average molecular weight is 423 g/mol. The summed E-state index contributed by atoms with van der Waals surface area (Å²) in [6.45, 7) is 4.32. The second kappa shape index (κ2) is 8.01. The van der Waals surface area contributed by atoms with Crippen LogP contribution in [0.1, 0.15) is 11.4 Å². The summed E-state index contributed by atoms with van der Waals surface area (Å²) in [5, 5.41) is 4.88. The molecule has 7 nitrogen and oxygen atoms in total. The van der Waals surface area contributed by atoms with Gasteiger partial charge in [0.1, 0.15) is 5.82 Å². The van der Waals surface area contributed by atoms with Gasteiger partial charge in [0.2, 0.25) is 0 Å². The first-order valence-electron chi connectivity index (χ1n) is 10.1. The lowest BCUT2D eigenvalue weighted by atomic mass is 10.1. The van der Waals surface area contributed by atoms with E-state index in [1.54, 1.807) is 0 Å². The van der Waals surface area contributed by atoms with E-state index < -0.39 is 0 Å². The van der Waals surface area contributed by atoms with E-state index in [0.717, 1.165) is 52.4 Å². The van der Waals surface area contributed by atoms with Crippen LogP contribution >= 0.6 is 11.6 Å². The number of imidazole rings is 1. The molecule has 2 amide bonds. The van der Waals surface area contributed by atoms with Crippen molar-refractivity contribution in [2.24, 2.45) is 0 Å². The van der Waals surface area contributed by atoms with E-state index in [2.05, 4.69) is 25.2 Å². The molecule has 1 saturated heterocycles. The Kier molecular flexibility index (Phi) is 5.06. The second-order valence-electron chi connectivity index (χ2n) is 7.63. The Bertz CT molecular complexity index is 1160. The van der Waals surface area contributed by atoms with Crippen LogP contribution in [0.5, 0.6) is 0 Å². The number of aromatic amines is 2. The minimum Gasteiger partial charge on any atom is -0.361 e. The van der Waals surface area contributed by atoms with Crippen molar-refractivity contribution in [3.63, 3.8) is 0 Å². The number of H-pyrrole nitrogens is 2. The van der Waals surface area contributed by atoms with Gasteiger partial charge in [-0.2, -0.15) is 0 Å². The van der Waals surface area contributed by atoms with Crippen molar-refractivity contribution in [3.05, 3.63) is 65.1 Å². The number of aromatic nitrogens is 3. The number of piperazine rings is 1. The number of hydrogen-bond acceptors (Lipinski definition) is 3. The molecule has 0 unspecified atom stereocenters. The number of fused-ring (bicyclic) bond motifs is 2. The second-order valence-corrected chi connectivity index (χ2v) is 8.06. The van der Waals surface area contributed by atoms with Gasteiger partial charge in [0.25, 0.3) is 0 Å². The Morgan fingerprint density at radius 3 is 2.77 bits per heavy atom. The van der Waals surface area contributed by atoms with Gasteiger partial charge in [0.05, 0.1) is 17.6 Å². The van der Waals surface area contributed by atoms with Gasteiger partial charge in [0, 0.05) is 54.8 Å². The summed E-state index contributed by atoms with van der Waals surface area (Å²) in [7, 11) is 0. The molecule has 30 heavy (non-hydrogen) atoms. The molecule has 0 spiro atoms. The van der Waals surface area contributed by atoms with Gasteiger partial charge in [-0.25, -0.2) is 9.78 Å². The number of para-hydroxylation sites is 2. The molecule has 0 saturated carbocycles. The molecular weight excluding hydrogens is 400 g/mol. The first kappa shape index (κ1) is 19.0. The van der Waals surface area contributed by atoms with Crippen molar-refractivity contribution < 1.29 is 4.79 Å². The Balaban J connectivity index is 1.14. The number of nitrogens with zero attached hydrogens (tertiary/aromatic N) is 3. The van der Waals surface area contributed by atoms with Gasteiger partial charge in [0.15, 0.2) is 0 Å². The number of carbonyl (C=O) groups excluding carboxylic acids is 1. The number of urea groups is 1. The molecule has 154 valence electrons. The van der Waals surface area contributed by atoms with E-state index in [9.17, 15) is 4.79 Å². The molecule has 3 heterocycles. The first-order valence-corrected chi connectivity index (χ1v) is 10.5. The maximum atomic E-state index is 12.6. The number of nitrogens with one attached hydrogen (secondary N) is 3. The van der Waals surface area contributed by atoms with Crippen molar-refractivity contribution in [2.75, 3.05) is 26.2 Å². The smallest absolute Gasteiger partial charge is 0.317 e. The van der Waals surface area contributed by atoms with E-state index in [0.29, 0.717) is 19.6 Å². The zero-order chi connectivity index (χ0) is 20.5. The summed E-state index contributed by atoms with van der Waals surface area (Å²) in [5.74, 6) is 0.765. The predicted octanol–water partition coefficient (Wildman–Crippen LogP) is 3.73. The molecule has 0 radical (unpaired) electrons. The average Bonchev–Trinajstić information content (AvgIpc) is 3.36. The minimum absolute atomic E-state index is 0.0472. The van der Waals surface area contributed by atoms with E-state index in [4.69, 9.17) is 11.6 Å². The normalized spacial score (nSPS) is 15.2. The maximum absolute atomic E-state index is 12.6. The molecule has 2 aromatic carbocycles. The van der Waals surface area contributed by atoms with Crippen LogP contribution in [0.2, 0.25) is 5.02 Å². The molecule has 0 aliphatic carbocycles. The summed E-state index contributed by atoms with van der Waals surface area (Å²) >= 11 is 6.16. The fraction of sp³-hybridized carbons (Fsp3) is 0.273. The van der Waals surface area contributed by atoms with Crippen LogP contribution in [0.3, 0.4) is 0 Å². The van der Waals surface area contributed by atoms with Gasteiger partial charge in [-0.05, 0) is 35.9 Å². The summed E-state index contributed by atoms with van der Waals surface area (Å²) < 4.78 is 0. The molecule has 1 aliphatic heterocycles. The molecule has 5 rings (SSSR count). The van der Waals surface area contributed by atoms with E-state index in [-0.39, 0.29) is 6.03 Å². The molecule has 1 aliphatic rings. The molecule has 3 N–H and O–H groups in total. The quantitative estimate of drug-likeness (QED) is 0.469. The van der Waals surface area contributed by atoms with Gasteiger partial charge >= 0.3 is 6.03 Å². The topological polar surface area (TPSA) is 80.1 Å². The molecular formula is C22H23ClN6O. The Morgan fingerprint density at radius 1 is 1.10 bits per heavy atom. The summed E-state index contributed by atoms with van der Waals surface area (Å²) in [6, 6.07) is 13.7. The highest BCUT2D eigenvalue weighted by Crippen LogP contribution is 2.24. The van der Waals surface area contributed by atoms with Crippen LogP contribution in [0, 0.1) is 0 Å². The lowest BCUT2D eigenvalue weighted by molar-refractivity contribution is 0.135. The summed E-state index contributed by atoms with van der Waals surface area (Å²) in [4.78, 5) is 27.8. The highest BCUT2D eigenvalue weighted by atomic mass is 35.5. The summed E-state index contributed by atoms with van der Waals surface area (Å²) in [5.41, 5.74) is 4.22. The monoisotopic (exact) mass is 422 g/mol. The number of benzene rings is 2. The third kappa shape index (κ3) is 3.86.